The first-order valence-electron chi connectivity index (χ1n) is 6.37. The number of amides is 1. The third-order valence-electron chi connectivity index (χ3n) is 3.35. The van der Waals surface area contributed by atoms with E-state index in [2.05, 4.69) is 51.8 Å². The van der Waals surface area contributed by atoms with Gasteiger partial charge in [-0.25, -0.2) is 0 Å². The third kappa shape index (κ3) is 3.95. The predicted octanol–water partition coefficient (Wildman–Crippen LogP) is 2.35. The van der Waals surface area contributed by atoms with E-state index in [-0.39, 0.29) is 5.91 Å². The highest BCUT2D eigenvalue weighted by atomic mass is 127. The molecule has 1 saturated heterocycles. The van der Waals surface area contributed by atoms with E-state index in [1.54, 1.807) is 6.92 Å². The highest BCUT2D eigenvalue weighted by Gasteiger charge is 2.16. The molecule has 1 aliphatic rings. The van der Waals surface area contributed by atoms with Crippen molar-refractivity contribution in [1.29, 1.82) is 0 Å². The van der Waals surface area contributed by atoms with Gasteiger partial charge in [0.1, 0.15) is 0 Å². The first-order chi connectivity index (χ1) is 8.65. The van der Waals surface area contributed by atoms with Crippen LogP contribution in [0, 0.1) is 3.57 Å². The van der Waals surface area contributed by atoms with E-state index >= 15 is 0 Å². The Morgan fingerprint density at radius 1 is 1.17 bits per heavy atom. The average molecular weight is 358 g/mol. The first kappa shape index (κ1) is 13.8. The number of hydrogen-bond acceptors (Lipinski definition) is 2. The summed E-state index contributed by atoms with van der Waals surface area (Å²) in [5.74, 6) is 0.200. The average Bonchev–Trinajstić information content (AvgIpc) is 2.58. The van der Waals surface area contributed by atoms with Crippen molar-refractivity contribution >= 4 is 28.5 Å². The molecule has 98 valence electrons. The molecule has 0 aromatic heterocycles. The molecule has 0 atom stereocenters. The lowest BCUT2D eigenvalue weighted by Crippen LogP contribution is -2.33. The standard InChI is InChI=1S/C14H19IN2O/c1-12(18)17-8-2-7-16(9-10-17)11-13-3-5-14(15)6-4-13/h3-6H,2,7-11H2,1H3. The smallest absolute Gasteiger partial charge is 0.219 e. The summed E-state index contributed by atoms with van der Waals surface area (Å²) in [5, 5.41) is 0. The summed E-state index contributed by atoms with van der Waals surface area (Å²) in [4.78, 5) is 15.7. The Morgan fingerprint density at radius 2 is 1.89 bits per heavy atom. The lowest BCUT2D eigenvalue weighted by molar-refractivity contribution is -0.128. The normalized spacial score (nSPS) is 17.6. The molecule has 4 heteroatoms. The molecule has 0 aliphatic carbocycles. The molecular weight excluding hydrogens is 339 g/mol. The minimum absolute atomic E-state index is 0.200. The van der Waals surface area contributed by atoms with Crippen molar-refractivity contribution in [2.45, 2.75) is 19.9 Å². The van der Waals surface area contributed by atoms with Crippen molar-refractivity contribution in [2.75, 3.05) is 26.2 Å². The van der Waals surface area contributed by atoms with Gasteiger partial charge in [0.05, 0.1) is 0 Å². The fourth-order valence-electron chi connectivity index (χ4n) is 2.29. The minimum Gasteiger partial charge on any atom is -0.342 e. The minimum atomic E-state index is 0.200. The van der Waals surface area contributed by atoms with E-state index in [0.29, 0.717) is 0 Å². The fraction of sp³-hybridized carbons (Fsp3) is 0.500. The van der Waals surface area contributed by atoms with Crippen LogP contribution in [0.1, 0.15) is 18.9 Å². The second-order valence-electron chi connectivity index (χ2n) is 4.76. The van der Waals surface area contributed by atoms with Crippen LogP contribution in [0.2, 0.25) is 0 Å². The number of hydrogen-bond donors (Lipinski definition) is 0. The Morgan fingerprint density at radius 3 is 2.56 bits per heavy atom. The summed E-state index contributed by atoms with van der Waals surface area (Å²) >= 11 is 2.33. The zero-order valence-electron chi connectivity index (χ0n) is 10.7. The van der Waals surface area contributed by atoms with Crippen molar-refractivity contribution < 1.29 is 4.79 Å². The van der Waals surface area contributed by atoms with E-state index in [1.165, 1.54) is 9.13 Å². The van der Waals surface area contributed by atoms with Crippen LogP contribution in [-0.2, 0) is 11.3 Å². The monoisotopic (exact) mass is 358 g/mol. The Labute approximate surface area is 122 Å². The maximum atomic E-state index is 11.4. The van der Waals surface area contributed by atoms with Gasteiger partial charge in [0.25, 0.3) is 0 Å². The molecule has 1 aromatic rings. The van der Waals surface area contributed by atoms with Gasteiger partial charge in [-0.05, 0) is 46.7 Å². The van der Waals surface area contributed by atoms with Crippen molar-refractivity contribution in [3.63, 3.8) is 0 Å². The van der Waals surface area contributed by atoms with Crippen LogP contribution in [0.5, 0.6) is 0 Å². The van der Waals surface area contributed by atoms with Crippen molar-refractivity contribution in [3.8, 4) is 0 Å². The quantitative estimate of drug-likeness (QED) is 0.758. The van der Waals surface area contributed by atoms with E-state index in [0.717, 1.165) is 39.1 Å². The molecule has 3 nitrogen and oxygen atoms in total. The van der Waals surface area contributed by atoms with Crippen LogP contribution in [0.3, 0.4) is 0 Å². The summed E-state index contributed by atoms with van der Waals surface area (Å²) < 4.78 is 1.27. The van der Waals surface area contributed by atoms with Crippen LogP contribution in [0.15, 0.2) is 24.3 Å². The van der Waals surface area contributed by atoms with Crippen LogP contribution < -0.4 is 0 Å². The van der Waals surface area contributed by atoms with Crippen molar-refractivity contribution in [1.82, 2.24) is 9.80 Å². The van der Waals surface area contributed by atoms with Crippen molar-refractivity contribution in [3.05, 3.63) is 33.4 Å². The molecule has 0 bridgehead atoms. The molecule has 1 aliphatic heterocycles. The predicted molar refractivity (Wildman–Crippen MR) is 81.3 cm³/mol. The number of rotatable bonds is 2. The molecule has 0 unspecified atom stereocenters. The summed E-state index contributed by atoms with van der Waals surface area (Å²) in [6, 6.07) is 8.68. The number of carbonyl (C=O) groups is 1. The Balaban J connectivity index is 1.90. The maximum Gasteiger partial charge on any atom is 0.219 e. The van der Waals surface area contributed by atoms with Gasteiger partial charge in [-0.15, -0.1) is 0 Å². The molecule has 2 rings (SSSR count). The Bertz CT molecular complexity index is 405. The lowest BCUT2D eigenvalue weighted by atomic mass is 10.2. The van der Waals surface area contributed by atoms with Crippen LogP contribution >= 0.6 is 22.6 Å². The number of nitrogens with zero attached hydrogens (tertiary/aromatic N) is 2. The Kier molecular flexibility index (Phi) is 5.00. The fourth-order valence-corrected chi connectivity index (χ4v) is 2.65. The topological polar surface area (TPSA) is 23.6 Å². The van der Waals surface area contributed by atoms with Gasteiger partial charge in [0.15, 0.2) is 0 Å². The molecule has 1 aromatic carbocycles. The van der Waals surface area contributed by atoms with Gasteiger partial charge in [0, 0.05) is 43.2 Å². The van der Waals surface area contributed by atoms with E-state index < -0.39 is 0 Å². The van der Waals surface area contributed by atoms with Crippen LogP contribution in [-0.4, -0.2) is 41.9 Å². The number of carbonyl (C=O) groups excluding carboxylic acids is 1. The number of halogens is 1. The SMILES string of the molecule is CC(=O)N1CCCN(Cc2ccc(I)cc2)CC1. The molecule has 0 radical (unpaired) electrons. The zero-order valence-corrected chi connectivity index (χ0v) is 12.9. The summed E-state index contributed by atoms with van der Waals surface area (Å²) in [6.45, 7) is 6.47. The molecule has 0 saturated carbocycles. The molecule has 0 spiro atoms. The highest BCUT2D eigenvalue weighted by Crippen LogP contribution is 2.11. The van der Waals surface area contributed by atoms with Gasteiger partial charge in [-0.2, -0.15) is 0 Å². The second-order valence-corrected chi connectivity index (χ2v) is 6.01. The van der Waals surface area contributed by atoms with Gasteiger partial charge >= 0.3 is 0 Å². The van der Waals surface area contributed by atoms with Crippen LogP contribution in [0.25, 0.3) is 0 Å². The molecular formula is C14H19IN2O. The molecule has 1 heterocycles. The summed E-state index contributed by atoms with van der Waals surface area (Å²) in [6.07, 6.45) is 1.07. The van der Waals surface area contributed by atoms with Gasteiger partial charge in [-0.1, -0.05) is 12.1 Å². The lowest BCUT2D eigenvalue weighted by Gasteiger charge is -2.21. The summed E-state index contributed by atoms with van der Waals surface area (Å²) in [5.41, 5.74) is 1.35. The second kappa shape index (κ2) is 6.52. The molecule has 1 fully saturated rings. The van der Waals surface area contributed by atoms with E-state index in [1.807, 2.05) is 4.90 Å². The highest BCUT2D eigenvalue weighted by molar-refractivity contribution is 14.1. The molecule has 1 amide bonds. The van der Waals surface area contributed by atoms with Gasteiger partial charge in [0.2, 0.25) is 5.91 Å². The van der Waals surface area contributed by atoms with Crippen molar-refractivity contribution in [2.24, 2.45) is 0 Å². The third-order valence-corrected chi connectivity index (χ3v) is 4.07. The Hall–Kier alpha value is -0.620. The zero-order chi connectivity index (χ0) is 13.0. The largest absolute Gasteiger partial charge is 0.342 e. The van der Waals surface area contributed by atoms with E-state index in [4.69, 9.17) is 0 Å². The molecule has 0 N–H and O–H groups in total. The summed E-state index contributed by atoms with van der Waals surface area (Å²) in [7, 11) is 0. The van der Waals surface area contributed by atoms with Crippen LogP contribution in [0.4, 0.5) is 0 Å². The van der Waals surface area contributed by atoms with E-state index in [9.17, 15) is 4.79 Å². The maximum absolute atomic E-state index is 11.4. The first-order valence-corrected chi connectivity index (χ1v) is 7.45. The van der Waals surface area contributed by atoms with Gasteiger partial charge < -0.3 is 4.90 Å². The number of benzene rings is 1. The van der Waals surface area contributed by atoms with Gasteiger partial charge in [-0.3, -0.25) is 9.69 Å². The molecule has 18 heavy (non-hydrogen) atoms.